The molecule has 0 radical (unpaired) electrons. The number of carbonyl (C=O) groups excluding carboxylic acids is 2. The fourth-order valence-corrected chi connectivity index (χ4v) is 4.24. The third-order valence-electron chi connectivity index (χ3n) is 5.67. The minimum absolute atomic E-state index is 0.279. The van der Waals surface area contributed by atoms with Gasteiger partial charge in [0.15, 0.2) is 11.5 Å². The third kappa shape index (κ3) is 6.95. The Hall–Kier alpha value is -3.11. The molecule has 0 saturated carbocycles. The highest BCUT2D eigenvalue weighted by Crippen LogP contribution is 2.38. The van der Waals surface area contributed by atoms with Gasteiger partial charge >= 0.3 is 0 Å². The summed E-state index contributed by atoms with van der Waals surface area (Å²) in [6.45, 7) is 3.10. The van der Waals surface area contributed by atoms with Crippen LogP contribution in [0, 0.1) is 0 Å². The number of methoxy groups -OCH3 is 3. The van der Waals surface area contributed by atoms with E-state index in [0.717, 1.165) is 18.8 Å². The molecule has 2 aromatic rings. The van der Waals surface area contributed by atoms with Crippen LogP contribution in [-0.4, -0.2) is 77.5 Å². The lowest BCUT2D eigenvalue weighted by atomic mass is 10.1. The van der Waals surface area contributed by atoms with Crippen molar-refractivity contribution in [2.75, 3.05) is 69.9 Å². The monoisotopic (exact) mass is 503 g/mol. The second kappa shape index (κ2) is 13.1. The molecule has 35 heavy (non-hydrogen) atoms. The molecule has 1 aliphatic heterocycles. The lowest BCUT2D eigenvalue weighted by Gasteiger charge is -2.29. The summed E-state index contributed by atoms with van der Waals surface area (Å²) in [6.07, 6.45) is 2.44. The molecule has 0 aliphatic carbocycles. The number of hydrogen-bond donors (Lipinski definition) is 2. The fourth-order valence-electron chi connectivity index (χ4n) is 3.76. The van der Waals surface area contributed by atoms with E-state index in [1.807, 2.05) is 30.5 Å². The number of hydrogen-bond acceptors (Lipinski definition) is 8. The number of amides is 2. The second-order valence-electron chi connectivity index (χ2n) is 7.86. The SMILES string of the molecule is COc1cc(C(=O)NC(CCSC)C(=O)Nc2ccc(N3CCOCC3)cc2)cc(OC)c1OC. The number of nitrogens with one attached hydrogen (secondary N) is 2. The topological polar surface area (TPSA) is 98.4 Å². The fraction of sp³-hybridized carbons (Fsp3) is 0.440. The van der Waals surface area contributed by atoms with Crippen LogP contribution in [0.5, 0.6) is 17.2 Å². The van der Waals surface area contributed by atoms with E-state index < -0.39 is 11.9 Å². The van der Waals surface area contributed by atoms with Gasteiger partial charge in [-0.1, -0.05) is 0 Å². The molecule has 190 valence electrons. The standard InChI is InChI=1S/C25H33N3O6S/c1-31-21-15-17(16-22(32-2)23(21)33-3)24(29)27-20(9-14-35-4)25(30)26-18-5-7-19(8-6-18)28-10-12-34-13-11-28/h5-8,15-16,20H,9-14H2,1-4H3,(H,26,30)(H,27,29). The Kier molecular flexibility index (Phi) is 9.92. The molecule has 0 spiro atoms. The minimum Gasteiger partial charge on any atom is -0.493 e. The van der Waals surface area contributed by atoms with Crippen molar-refractivity contribution in [1.82, 2.24) is 5.32 Å². The Balaban J connectivity index is 1.71. The van der Waals surface area contributed by atoms with E-state index in [-0.39, 0.29) is 5.91 Å². The molecule has 2 amide bonds. The zero-order valence-electron chi connectivity index (χ0n) is 20.6. The van der Waals surface area contributed by atoms with Gasteiger partial charge in [-0.3, -0.25) is 9.59 Å². The van der Waals surface area contributed by atoms with Crippen molar-refractivity contribution in [3.63, 3.8) is 0 Å². The van der Waals surface area contributed by atoms with Gasteiger partial charge in [-0.2, -0.15) is 11.8 Å². The van der Waals surface area contributed by atoms with Crippen LogP contribution in [0.2, 0.25) is 0 Å². The molecule has 1 aliphatic rings. The molecule has 2 N–H and O–H groups in total. The van der Waals surface area contributed by atoms with E-state index in [2.05, 4.69) is 15.5 Å². The third-order valence-corrected chi connectivity index (χ3v) is 6.31. The van der Waals surface area contributed by atoms with Crippen molar-refractivity contribution in [3.8, 4) is 17.2 Å². The molecule has 0 bridgehead atoms. The van der Waals surface area contributed by atoms with Crippen molar-refractivity contribution >= 4 is 35.0 Å². The Morgan fingerprint density at radius 3 is 2.20 bits per heavy atom. The largest absolute Gasteiger partial charge is 0.493 e. The number of carbonyl (C=O) groups is 2. The van der Waals surface area contributed by atoms with Gasteiger partial charge in [-0.15, -0.1) is 0 Å². The first-order chi connectivity index (χ1) is 17.0. The molecular formula is C25H33N3O6S. The summed E-state index contributed by atoms with van der Waals surface area (Å²) in [6, 6.07) is 10.1. The van der Waals surface area contributed by atoms with Gasteiger partial charge in [-0.25, -0.2) is 0 Å². The van der Waals surface area contributed by atoms with Crippen molar-refractivity contribution < 1.29 is 28.5 Å². The van der Waals surface area contributed by atoms with E-state index >= 15 is 0 Å². The zero-order chi connectivity index (χ0) is 25.2. The van der Waals surface area contributed by atoms with Crippen LogP contribution in [0.25, 0.3) is 0 Å². The normalized spacial score (nSPS) is 14.1. The number of benzene rings is 2. The Labute approximate surface area is 210 Å². The lowest BCUT2D eigenvalue weighted by Crippen LogP contribution is -2.44. The number of ether oxygens (including phenoxy) is 4. The van der Waals surface area contributed by atoms with Crippen LogP contribution in [-0.2, 0) is 9.53 Å². The molecule has 1 heterocycles. The summed E-state index contributed by atoms with van der Waals surface area (Å²) in [4.78, 5) is 28.4. The molecular weight excluding hydrogens is 470 g/mol. The summed E-state index contributed by atoms with van der Waals surface area (Å²) < 4.78 is 21.4. The molecule has 1 fully saturated rings. The second-order valence-corrected chi connectivity index (χ2v) is 8.84. The van der Waals surface area contributed by atoms with Crippen LogP contribution >= 0.6 is 11.8 Å². The highest BCUT2D eigenvalue weighted by Gasteiger charge is 2.24. The van der Waals surface area contributed by atoms with E-state index in [9.17, 15) is 9.59 Å². The number of rotatable bonds is 11. The van der Waals surface area contributed by atoms with Crippen LogP contribution in [0.4, 0.5) is 11.4 Å². The molecule has 0 aromatic heterocycles. The van der Waals surface area contributed by atoms with E-state index in [0.29, 0.717) is 53.9 Å². The molecule has 9 nitrogen and oxygen atoms in total. The van der Waals surface area contributed by atoms with Crippen molar-refractivity contribution in [2.24, 2.45) is 0 Å². The molecule has 10 heteroatoms. The van der Waals surface area contributed by atoms with Gasteiger partial charge in [0.2, 0.25) is 11.7 Å². The lowest BCUT2D eigenvalue weighted by molar-refractivity contribution is -0.118. The number of nitrogens with zero attached hydrogens (tertiary/aromatic N) is 1. The Morgan fingerprint density at radius 2 is 1.66 bits per heavy atom. The first-order valence-electron chi connectivity index (χ1n) is 11.3. The average Bonchev–Trinajstić information content (AvgIpc) is 2.90. The van der Waals surface area contributed by atoms with Crippen LogP contribution < -0.4 is 29.7 Å². The zero-order valence-corrected chi connectivity index (χ0v) is 21.4. The van der Waals surface area contributed by atoms with Crippen LogP contribution in [0.1, 0.15) is 16.8 Å². The molecule has 1 unspecified atom stereocenters. The minimum atomic E-state index is -0.715. The number of morpholine rings is 1. The van der Waals surface area contributed by atoms with Crippen molar-refractivity contribution in [2.45, 2.75) is 12.5 Å². The smallest absolute Gasteiger partial charge is 0.252 e. The van der Waals surface area contributed by atoms with Gasteiger partial charge in [0.25, 0.3) is 5.91 Å². The maximum absolute atomic E-state index is 13.1. The van der Waals surface area contributed by atoms with Gasteiger partial charge in [-0.05, 0) is 54.8 Å². The summed E-state index contributed by atoms with van der Waals surface area (Å²) in [5, 5.41) is 5.78. The summed E-state index contributed by atoms with van der Waals surface area (Å²) in [5.74, 6) is 1.14. The maximum Gasteiger partial charge on any atom is 0.252 e. The first-order valence-corrected chi connectivity index (χ1v) is 12.7. The highest BCUT2D eigenvalue weighted by molar-refractivity contribution is 7.98. The van der Waals surface area contributed by atoms with Gasteiger partial charge in [0.05, 0.1) is 34.5 Å². The van der Waals surface area contributed by atoms with Crippen molar-refractivity contribution in [3.05, 3.63) is 42.0 Å². The van der Waals surface area contributed by atoms with Gasteiger partial charge < -0.3 is 34.5 Å². The Bertz CT molecular complexity index is 970. The predicted octanol–water partition coefficient (Wildman–Crippen LogP) is 3.04. The van der Waals surface area contributed by atoms with Crippen LogP contribution in [0.15, 0.2) is 36.4 Å². The predicted molar refractivity (Wildman–Crippen MR) is 138 cm³/mol. The van der Waals surface area contributed by atoms with E-state index in [1.54, 1.807) is 23.9 Å². The number of anilines is 2. The maximum atomic E-state index is 13.1. The Morgan fingerprint density at radius 1 is 1.03 bits per heavy atom. The van der Waals surface area contributed by atoms with Crippen molar-refractivity contribution in [1.29, 1.82) is 0 Å². The molecule has 3 rings (SSSR count). The summed E-state index contributed by atoms with van der Waals surface area (Å²) in [7, 11) is 4.46. The molecule has 1 atom stereocenters. The van der Waals surface area contributed by atoms with Gasteiger partial charge in [0, 0.05) is 30.0 Å². The van der Waals surface area contributed by atoms with E-state index in [1.165, 1.54) is 21.3 Å². The van der Waals surface area contributed by atoms with Crippen LogP contribution in [0.3, 0.4) is 0 Å². The molecule has 2 aromatic carbocycles. The summed E-state index contributed by atoms with van der Waals surface area (Å²) in [5.41, 5.74) is 2.06. The van der Waals surface area contributed by atoms with Gasteiger partial charge in [0.1, 0.15) is 6.04 Å². The van der Waals surface area contributed by atoms with E-state index in [4.69, 9.17) is 18.9 Å². The average molecular weight is 504 g/mol. The summed E-state index contributed by atoms with van der Waals surface area (Å²) >= 11 is 1.61. The first kappa shape index (κ1) is 26.5. The highest BCUT2D eigenvalue weighted by atomic mass is 32.2. The molecule has 1 saturated heterocycles. The quantitative estimate of drug-likeness (QED) is 0.483. The number of thioether (sulfide) groups is 1.